The van der Waals surface area contributed by atoms with Crippen LogP contribution in [-0.4, -0.2) is 23.7 Å². The third-order valence-electron chi connectivity index (χ3n) is 3.20. The summed E-state index contributed by atoms with van der Waals surface area (Å²) in [7, 11) is 0. The van der Waals surface area contributed by atoms with Gasteiger partial charge in [-0.3, -0.25) is 0 Å². The van der Waals surface area contributed by atoms with Crippen LogP contribution in [-0.2, 0) is 14.3 Å². The molecule has 0 aromatic carbocycles. The largest absolute Gasteiger partial charge is 0.478 e. The molecule has 0 atom stereocenters. The van der Waals surface area contributed by atoms with Gasteiger partial charge in [-0.1, -0.05) is 76.0 Å². The van der Waals surface area contributed by atoms with Crippen molar-refractivity contribution in [1.29, 1.82) is 0 Å². The predicted octanol–water partition coefficient (Wildman–Crippen LogP) is 6.01. The highest BCUT2D eigenvalue weighted by atomic mass is 16.5. The maximum absolute atomic E-state index is 10.8. The Morgan fingerprint density at radius 2 is 1.27 bits per heavy atom. The van der Waals surface area contributed by atoms with Crippen molar-refractivity contribution in [3.05, 3.63) is 48.6 Å². The number of unbranched alkanes of at least 4 members (excludes halogenated alkanes) is 6. The van der Waals surface area contributed by atoms with E-state index in [-0.39, 0.29) is 5.97 Å². The van der Waals surface area contributed by atoms with Gasteiger partial charge < -0.3 is 9.84 Å². The molecule has 0 aromatic rings. The number of ether oxygens (including phenoxy) is 1. The molecular formula is C22H36O4. The summed E-state index contributed by atoms with van der Waals surface area (Å²) in [4.78, 5) is 20.8. The van der Waals surface area contributed by atoms with Gasteiger partial charge in [0.2, 0.25) is 0 Å². The lowest BCUT2D eigenvalue weighted by atomic mass is 10.2. The first-order valence-corrected chi connectivity index (χ1v) is 9.64. The summed E-state index contributed by atoms with van der Waals surface area (Å²) >= 11 is 0. The molecule has 0 unspecified atom stereocenters. The Morgan fingerprint density at radius 3 is 1.69 bits per heavy atom. The van der Waals surface area contributed by atoms with Gasteiger partial charge >= 0.3 is 11.9 Å². The van der Waals surface area contributed by atoms with Crippen molar-refractivity contribution in [1.82, 2.24) is 0 Å². The fourth-order valence-electron chi connectivity index (χ4n) is 1.84. The quantitative estimate of drug-likeness (QED) is 0.188. The number of carboxylic acids is 1. The van der Waals surface area contributed by atoms with Gasteiger partial charge in [0, 0.05) is 12.2 Å². The Kier molecular flexibility index (Phi) is 23.0. The molecule has 0 aliphatic heterocycles. The van der Waals surface area contributed by atoms with E-state index in [1.807, 2.05) is 12.2 Å². The van der Waals surface area contributed by atoms with E-state index >= 15 is 0 Å². The van der Waals surface area contributed by atoms with E-state index in [4.69, 9.17) is 9.84 Å². The lowest BCUT2D eigenvalue weighted by Gasteiger charge is -1.92. The van der Waals surface area contributed by atoms with Gasteiger partial charge in [0.1, 0.15) is 0 Å². The molecule has 148 valence electrons. The van der Waals surface area contributed by atoms with Crippen LogP contribution in [0, 0.1) is 0 Å². The van der Waals surface area contributed by atoms with Gasteiger partial charge in [-0.15, -0.1) is 0 Å². The SMILES string of the molecule is CCCCC/C=C\C=C\C(=O)O.CCCCCC=CC=CC(=O)OCC. The third kappa shape index (κ3) is 26.8. The number of carbonyl (C=O) groups excluding carboxylic acids is 1. The van der Waals surface area contributed by atoms with Gasteiger partial charge in [0.15, 0.2) is 0 Å². The molecule has 4 nitrogen and oxygen atoms in total. The van der Waals surface area contributed by atoms with Crippen LogP contribution in [0.25, 0.3) is 0 Å². The number of rotatable bonds is 13. The standard InChI is InChI=1S/C12H20O2.C10H16O2/c1-3-5-6-7-8-9-10-11-12(13)14-4-2;1-2-3-4-5-6-7-8-9-10(11)12/h8-11H,3-7H2,1-2H3;6-9H,2-5H2,1H3,(H,11,12)/b;7-6-,9-8+. The molecule has 0 fully saturated rings. The Labute approximate surface area is 159 Å². The van der Waals surface area contributed by atoms with Crippen LogP contribution >= 0.6 is 0 Å². The number of carbonyl (C=O) groups is 2. The Balaban J connectivity index is 0. The van der Waals surface area contributed by atoms with E-state index in [1.165, 1.54) is 44.6 Å². The van der Waals surface area contributed by atoms with Crippen molar-refractivity contribution in [3.8, 4) is 0 Å². The first kappa shape index (κ1) is 26.1. The van der Waals surface area contributed by atoms with Crippen molar-refractivity contribution in [3.63, 3.8) is 0 Å². The van der Waals surface area contributed by atoms with E-state index in [9.17, 15) is 9.59 Å². The van der Waals surface area contributed by atoms with Gasteiger partial charge in [-0.2, -0.15) is 0 Å². The summed E-state index contributed by atoms with van der Waals surface area (Å²) in [5.41, 5.74) is 0. The Morgan fingerprint density at radius 1 is 0.769 bits per heavy atom. The van der Waals surface area contributed by atoms with Crippen LogP contribution in [0.1, 0.15) is 72.1 Å². The van der Waals surface area contributed by atoms with Crippen LogP contribution in [0.5, 0.6) is 0 Å². The minimum Gasteiger partial charge on any atom is -0.478 e. The van der Waals surface area contributed by atoms with Crippen molar-refractivity contribution >= 4 is 11.9 Å². The number of allylic oxidation sites excluding steroid dienone is 6. The minimum absolute atomic E-state index is 0.272. The molecule has 1 N–H and O–H groups in total. The Hall–Kier alpha value is -2.10. The Bertz CT molecular complexity index is 445. The normalized spacial score (nSPS) is 11.3. The highest BCUT2D eigenvalue weighted by Gasteiger charge is 1.89. The summed E-state index contributed by atoms with van der Waals surface area (Å²) in [6.45, 7) is 6.58. The second-order valence-corrected chi connectivity index (χ2v) is 5.66. The number of hydrogen-bond donors (Lipinski definition) is 1. The maximum Gasteiger partial charge on any atom is 0.330 e. The van der Waals surface area contributed by atoms with Crippen molar-refractivity contribution in [2.45, 2.75) is 72.1 Å². The van der Waals surface area contributed by atoms with Crippen LogP contribution in [0.2, 0.25) is 0 Å². The number of esters is 1. The molecule has 0 saturated heterocycles. The second kappa shape index (κ2) is 22.9. The fourth-order valence-corrected chi connectivity index (χ4v) is 1.84. The molecule has 0 aliphatic carbocycles. The molecule has 26 heavy (non-hydrogen) atoms. The zero-order valence-corrected chi connectivity index (χ0v) is 16.7. The number of carboxylic acid groups (broad SMARTS) is 1. The lowest BCUT2D eigenvalue weighted by molar-refractivity contribution is -0.137. The lowest BCUT2D eigenvalue weighted by Crippen LogP contribution is -1.98. The minimum atomic E-state index is -0.895. The molecule has 0 spiro atoms. The molecule has 0 amide bonds. The number of aliphatic carboxylic acids is 1. The van der Waals surface area contributed by atoms with Crippen molar-refractivity contribution in [2.75, 3.05) is 6.61 Å². The predicted molar refractivity (Wildman–Crippen MR) is 109 cm³/mol. The third-order valence-corrected chi connectivity index (χ3v) is 3.20. The second-order valence-electron chi connectivity index (χ2n) is 5.66. The average molecular weight is 365 g/mol. The van der Waals surface area contributed by atoms with Crippen LogP contribution in [0.3, 0.4) is 0 Å². The summed E-state index contributed by atoms with van der Waals surface area (Å²) in [5, 5.41) is 8.23. The molecular weight excluding hydrogens is 328 g/mol. The highest BCUT2D eigenvalue weighted by Crippen LogP contribution is 2.00. The molecule has 0 radical (unpaired) electrons. The summed E-state index contributed by atoms with van der Waals surface area (Å²) < 4.78 is 4.73. The summed E-state index contributed by atoms with van der Waals surface area (Å²) in [5.74, 6) is -1.17. The van der Waals surface area contributed by atoms with Crippen LogP contribution in [0.4, 0.5) is 0 Å². The van der Waals surface area contributed by atoms with Gasteiger partial charge in [0.05, 0.1) is 6.61 Å². The van der Waals surface area contributed by atoms with E-state index < -0.39 is 5.97 Å². The average Bonchev–Trinajstić information content (AvgIpc) is 2.61. The first-order valence-electron chi connectivity index (χ1n) is 9.64. The van der Waals surface area contributed by atoms with E-state index in [2.05, 4.69) is 19.9 Å². The number of hydrogen-bond acceptors (Lipinski definition) is 3. The van der Waals surface area contributed by atoms with Gasteiger partial charge in [-0.25, -0.2) is 9.59 Å². The van der Waals surface area contributed by atoms with E-state index in [1.54, 1.807) is 25.2 Å². The fraction of sp³-hybridized carbons (Fsp3) is 0.545. The molecule has 0 heterocycles. The van der Waals surface area contributed by atoms with Crippen molar-refractivity contribution < 1.29 is 19.4 Å². The molecule has 4 heteroatoms. The first-order chi connectivity index (χ1) is 12.6. The molecule has 0 saturated carbocycles. The zero-order valence-electron chi connectivity index (χ0n) is 16.7. The van der Waals surface area contributed by atoms with Gasteiger partial charge in [0.25, 0.3) is 0 Å². The highest BCUT2D eigenvalue weighted by molar-refractivity contribution is 5.82. The van der Waals surface area contributed by atoms with Gasteiger partial charge in [-0.05, 0) is 32.6 Å². The molecule has 0 aromatic heterocycles. The summed E-state index contributed by atoms with van der Waals surface area (Å²) in [6, 6.07) is 0. The summed E-state index contributed by atoms with van der Waals surface area (Å²) in [6.07, 6.45) is 23.1. The zero-order chi connectivity index (χ0) is 19.9. The molecule has 0 bridgehead atoms. The topological polar surface area (TPSA) is 63.6 Å². The monoisotopic (exact) mass is 364 g/mol. The van der Waals surface area contributed by atoms with E-state index in [0.717, 1.165) is 18.9 Å². The van der Waals surface area contributed by atoms with Crippen LogP contribution in [0.15, 0.2) is 48.6 Å². The maximum atomic E-state index is 10.8. The van der Waals surface area contributed by atoms with Crippen LogP contribution < -0.4 is 0 Å². The molecule has 0 aliphatic rings. The van der Waals surface area contributed by atoms with Crippen molar-refractivity contribution in [2.24, 2.45) is 0 Å². The molecule has 0 rings (SSSR count). The van der Waals surface area contributed by atoms with E-state index in [0.29, 0.717) is 6.61 Å². The smallest absolute Gasteiger partial charge is 0.330 e.